The molecule has 0 fully saturated rings. The molecule has 92 valence electrons. The lowest BCUT2D eigenvalue weighted by Gasteiger charge is -2.00. The lowest BCUT2D eigenvalue weighted by molar-refractivity contribution is 0.350. The molecule has 1 N–H and O–H groups in total. The summed E-state index contributed by atoms with van der Waals surface area (Å²) < 4.78 is 0. The second kappa shape index (κ2) is 6.86. The molecular formula is C14H11ClOS2. The Labute approximate surface area is 120 Å². The number of aliphatic hydroxyl groups excluding tert-OH is 1. The summed E-state index contributed by atoms with van der Waals surface area (Å²) >= 11 is 9.29. The first kappa shape index (κ1) is 13.5. The number of thiophene rings is 1. The summed E-state index contributed by atoms with van der Waals surface area (Å²) in [5, 5.41) is 11.5. The Balaban J connectivity index is 2.02. The number of halogens is 1. The van der Waals surface area contributed by atoms with Gasteiger partial charge in [-0.2, -0.15) is 0 Å². The summed E-state index contributed by atoms with van der Waals surface area (Å²) in [7, 11) is 0. The molecule has 0 saturated heterocycles. The van der Waals surface area contributed by atoms with Gasteiger partial charge in [-0.15, -0.1) is 23.1 Å². The van der Waals surface area contributed by atoms with Crippen LogP contribution in [0.5, 0.6) is 0 Å². The van der Waals surface area contributed by atoms with E-state index in [1.807, 2.05) is 35.7 Å². The van der Waals surface area contributed by atoms with Gasteiger partial charge in [-0.1, -0.05) is 23.4 Å². The van der Waals surface area contributed by atoms with Gasteiger partial charge < -0.3 is 5.11 Å². The van der Waals surface area contributed by atoms with E-state index in [-0.39, 0.29) is 6.61 Å². The highest BCUT2D eigenvalue weighted by molar-refractivity contribution is 7.98. The van der Waals surface area contributed by atoms with Crippen LogP contribution in [0.15, 0.2) is 40.6 Å². The van der Waals surface area contributed by atoms with E-state index in [2.05, 4.69) is 11.8 Å². The SMILES string of the molecule is OCC#Cc1ccsc1CSc1ccc(Cl)cc1. The molecule has 0 spiro atoms. The Kier molecular flexibility index (Phi) is 5.15. The molecule has 0 radical (unpaired) electrons. The van der Waals surface area contributed by atoms with Crippen molar-refractivity contribution in [3.8, 4) is 11.8 Å². The highest BCUT2D eigenvalue weighted by atomic mass is 35.5. The van der Waals surface area contributed by atoms with Crippen LogP contribution >= 0.6 is 34.7 Å². The molecule has 18 heavy (non-hydrogen) atoms. The van der Waals surface area contributed by atoms with Crippen LogP contribution in [0.3, 0.4) is 0 Å². The number of hydrogen-bond acceptors (Lipinski definition) is 3. The van der Waals surface area contributed by atoms with Crippen LogP contribution in [0.25, 0.3) is 0 Å². The molecule has 0 aliphatic heterocycles. The van der Waals surface area contributed by atoms with Crippen LogP contribution in [0.1, 0.15) is 10.4 Å². The van der Waals surface area contributed by atoms with E-state index in [1.54, 1.807) is 23.1 Å². The molecule has 1 aromatic carbocycles. The number of rotatable bonds is 3. The lowest BCUT2D eigenvalue weighted by Crippen LogP contribution is -1.81. The second-order valence-electron chi connectivity index (χ2n) is 3.46. The van der Waals surface area contributed by atoms with Gasteiger partial charge >= 0.3 is 0 Å². The van der Waals surface area contributed by atoms with Crippen LogP contribution < -0.4 is 0 Å². The summed E-state index contributed by atoms with van der Waals surface area (Å²) in [6.07, 6.45) is 0. The summed E-state index contributed by atoms with van der Waals surface area (Å²) in [6.45, 7) is -0.0976. The van der Waals surface area contributed by atoms with Crippen molar-refractivity contribution in [2.75, 3.05) is 6.61 Å². The predicted octanol–water partition coefficient (Wildman–Crippen LogP) is 4.04. The van der Waals surface area contributed by atoms with Gasteiger partial charge in [0, 0.05) is 26.1 Å². The van der Waals surface area contributed by atoms with Gasteiger partial charge in [0.15, 0.2) is 0 Å². The van der Waals surface area contributed by atoms with Gasteiger partial charge in [-0.25, -0.2) is 0 Å². The van der Waals surface area contributed by atoms with Crippen molar-refractivity contribution in [3.05, 3.63) is 51.2 Å². The molecule has 2 aromatic rings. The Morgan fingerprint density at radius 2 is 2.00 bits per heavy atom. The van der Waals surface area contributed by atoms with Gasteiger partial charge in [-0.3, -0.25) is 0 Å². The van der Waals surface area contributed by atoms with Crippen molar-refractivity contribution in [1.82, 2.24) is 0 Å². The minimum atomic E-state index is -0.0976. The van der Waals surface area contributed by atoms with E-state index in [0.717, 1.165) is 16.3 Å². The minimum Gasteiger partial charge on any atom is -0.384 e. The normalized spacial score (nSPS) is 9.89. The smallest absolute Gasteiger partial charge is 0.104 e. The van der Waals surface area contributed by atoms with Gasteiger partial charge in [0.05, 0.1) is 0 Å². The summed E-state index contributed by atoms with van der Waals surface area (Å²) in [6, 6.07) is 9.81. The quantitative estimate of drug-likeness (QED) is 0.681. The Hall–Kier alpha value is -0.920. The zero-order valence-electron chi connectivity index (χ0n) is 9.52. The molecule has 0 atom stereocenters. The zero-order chi connectivity index (χ0) is 12.8. The second-order valence-corrected chi connectivity index (χ2v) is 5.95. The third-order valence-electron chi connectivity index (χ3n) is 2.23. The molecule has 0 bridgehead atoms. The third-order valence-corrected chi connectivity index (χ3v) is 4.63. The standard InChI is InChI=1S/C14H11ClOS2/c15-12-3-5-13(6-4-12)18-10-14-11(2-1-8-16)7-9-17-14/h3-7,9,16H,8,10H2. The van der Waals surface area contributed by atoms with Crippen molar-refractivity contribution in [2.45, 2.75) is 10.6 Å². The number of aliphatic hydroxyl groups is 1. The van der Waals surface area contributed by atoms with Crippen molar-refractivity contribution < 1.29 is 5.11 Å². The van der Waals surface area contributed by atoms with E-state index in [1.165, 1.54) is 9.77 Å². The molecule has 0 saturated carbocycles. The molecule has 0 aliphatic carbocycles. The predicted molar refractivity (Wildman–Crippen MR) is 79.3 cm³/mol. The first-order valence-electron chi connectivity index (χ1n) is 5.34. The molecule has 2 rings (SSSR count). The summed E-state index contributed by atoms with van der Waals surface area (Å²) in [5.41, 5.74) is 1.01. The van der Waals surface area contributed by atoms with Crippen LogP contribution in [0, 0.1) is 11.8 Å². The average molecular weight is 295 g/mol. The fourth-order valence-corrected chi connectivity index (χ4v) is 3.35. The number of hydrogen-bond donors (Lipinski definition) is 1. The Morgan fingerprint density at radius 3 is 2.72 bits per heavy atom. The highest BCUT2D eigenvalue weighted by Gasteiger charge is 2.03. The van der Waals surface area contributed by atoms with Crippen LogP contribution in [0.4, 0.5) is 0 Å². The summed E-state index contributed by atoms with van der Waals surface area (Å²) in [5.74, 6) is 6.53. The maximum Gasteiger partial charge on any atom is 0.104 e. The first-order chi connectivity index (χ1) is 8.79. The molecule has 0 unspecified atom stereocenters. The Morgan fingerprint density at radius 1 is 1.22 bits per heavy atom. The third kappa shape index (κ3) is 3.79. The van der Waals surface area contributed by atoms with Gasteiger partial charge in [-0.05, 0) is 35.7 Å². The average Bonchev–Trinajstić information content (AvgIpc) is 2.83. The fourth-order valence-electron chi connectivity index (χ4n) is 1.38. The molecular weight excluding hydrogens is 284 g/mol. The maximum atomic E-state index is 8.70. The molecule has 1 heterocycles. The van der Waals surface area contributed by atoms with E-state index in [0.29, 0.717) is 0 Å². The highest BCUT2D eigenvalue weighted by Crippen LogP contribution is 2.28. The molecule has 0 amide bonds. The lowest BCUT2D eigenvalue weighted by atomic mass is 10.3. The monoisotopic (exact) mass is 294 g/mol. The largest absolute Gasteiger partial charge is 0.384 e. The van der Waals surface area contributed by atoms with E-state index < -0.39 is 0 Å². The number of benzene rings is 1. The van der Waals surface area contributed by atoms with E-state index in [4.69, 9.17) is 16.7 Å². The van der Waals surface area contributed by atoms with Crippen LogP contribution in [-0.2, 0) is 5.75 Å². The van der Waals surface area contributed by atoms with Gasteiger partial charge in [0.25, 0.3) is 0 Å². The van der Waals surface area contributed by atoms with Crippen LogP contribution in [-0.4, -0.2) is 11.7 Å². The number of thioether (sulfide) groups is 1. The zero-order valence-corrected chi connectivity index (χ0v) is 11.9. The van der Waals surface area contributed by atoms with E-state index >= 15 is 0 Å². The van der Waals surface area contributed by atoms with Crippen molar-refractivity contribution >= 4 is 34.7 Å². The van der Waals surface area contributed by atoms with Crippen molar-refractivity contribution in [1.29, 1.82) is 0 Å². The summed E-state index contributed by atoms with van der Waals surface area (Å²) in [4.78, 5) is 2.42. The molecule has 0 aliphatic rings. The van der Waals surface area contributed by atoms with E-state index in [9.17, 15) is 0 Å². The minimum absolute atomic E-state index is 0.0976. The fraction of sp³-hybridized carbons (Fsp3) is 0.143. The maximum absolute atomic E-state index is 8.70. The topological polar surface area (TPSA) is 20.2 Å². The molecule has 1 aromatic heterocycles. The van der Waals surface area contributed by atoms with Gasteiger partial charge in [0.2, 0.25) is 0 Å². The van der Waals surface area contributed by atoms with Crippen molar-refractivity contribution in [2.24, 2.45) is 0 Å². The molecule has 4 heteroatoms. The molecule has 1 nitrogen and oxygen atoms in total. The van der Waals surface area contributed by atoms with Gasteiger partial charge in [0.1, 0.15) is 6.61 Å². The first-order valence-corrected chi connectivity index (χ1v) is 7.58. The van der Waals surface area contributed by atoms with Crippen LogP contribution in [0.2, 0.25) is 5.02 Å². The van der Waals surface area contributed by atoms with Crippen molar-refractivity contribution in [3.63, 3.8) is 0 Å². The Bertz CT molecular complexity index is 563.